The highest BCUT2D eigenvalue weighted by atomic mass is 16.3. The summed E-state index contributed by atoms with van der Waals surface area (Å²) >= 11 is 0. The van der Waals surface area contributed by atoms with Crippen LogP contribution in [0.15, 0.2) is 148 Å². The molecule has 3 heterocycles. The van der Waals surface area contributed by atoms with Gasteiger partial charge in [0, 0.05) is 27.2 Å². The van der Waals surface area contributed by atoms with Crippen LogP contribution >= 0.6 is 0 Å². The predicted octanol–water partition coefficient (Wildman–Crippen LogP) is 10.8. The van der Waals surface area contributed by atoms with Gasteiger partial charge in [0.15, 0.2) is 5.58 Å². The molecule has 9 rings (SSSR count). The lowest BCUT2D eigenvalue weighted by molar-refractivity contribution is 0.669. The molecule has 3 nitrogen and oxygen atoms in total. The molecule has 0 amide bonds. The Kier molecular flexibility index (Phi) is 4.61. The zero-order valence-electron chi connectivity index (χ0n) is 22.0. The highest BCUT2D eigenvalue weighted by molar-refractivity contribution is 6.16. The number of aromatic nitrogens is 1. The molecule has 0 aliphatic heterocycles. The molecule has 6 aromatic carbocycles. The molecule has 0 unspecified atom stereocenters. The van der Waals surface area contributed by atoms with E-state index >= 15 is 0 Å². The minimum atomic E-state index is 0.889. The number of hydrogen-bond donors (Lipinski definition) is 0. The molecular formula is C38H23NO2. The van der Waals surface area contributed by atoms with Crippen molar-refractivity contribution < 1.29 is 8.83 Å². The number of furan rings is 2. The molecule has 0 spiro atoms. The second-order valence-electron chi connectivity index (χ2n) is 10.6. The maximum absolute atomic E-state index is 6.59. The predicted molar refractivity (Wildman–Crippen MR) is 169 cm³/mol. The molecule has 0 N–H and O–H groups in total. The van der Waals surface area contributed by atoms with Crippen LogP contribution in [0.1, 0.15) is 0 Å². The topological polar surface area (TPSA) is 31.2 Å². The molecule has 41 heavy (non-hydrogen) atoms. The number of benzene rings is 6. The SMILES string of the molecule is c1ccc(-n2c3ccccc3c3oc4cc(-c5cccc(-c6ccc7oc8ccccc8c7c6)c5)ccc4c32)cc1. The van der Waals surface area contributed by atoms with Crippen molar-refractivity contribution >= 4 is 54.9 Å². The van der Waals surface area contributed by atoms with E-state index in [0.29, 0.717) is 0 Å². The van der Waals surface area contributed by atoms with Crippen molar-refractivity contribution in [2.75, 3.05) is 0 Å². The fraction of sp³-hybridized carbons (Fsp3) is 0. The molecule has 0 aliphatic rings. The lowest BCUT2D eigenvalue weighted by atomic mass is 9.97. The molecule has 3 aromatic heterocycles. The average molecular weight is 526 g/mol. The third-order valence-corrected chi connectivity index (χ3v) is 8.20. The van der Waals surface area contributed by atoms with E-state index in [9.17, 15) is 0 Å². The summed E-state index contributed by atoms with van der Waals surface area (Å²) in [7, 11) is 0. The van der Waals surface area contributed by atoms with Crippen LogP contribution in [0.5, 0.6) is 0 Å². The van der Waals surface area contributed by atoms with E-state index in [2.05, 4.69) is 132 Å². The molecule has 0 fully saturated rings. The summed E-state index contributed by atoms with van der Waals surface area (Å²) in [5, 5.41) is 4.51. The van der Waals surface area contributed by atoms with Crippen LogP contribution in [0.2, 0.25) is 0 Å². The van der Waals surface area contributed by atoms with Gasteiger partial charge in [-0.2, -0.15) is 0 Å². The maximum Gasteiger partial charge on any atom is 0.161 e. The first-order chi connectivity index (χ1) is 20.3. The molecule has 0 aliphatic carbocycles. The molecule has 0 saturated heterocycles. The first kappa shape index (κ1) is 22.3. The fourth-order valence-corrected chi connectivity index (χ4v) is 6.28. The van der Waals surface area contributed by atoms with Crippen LogP contribution in [0.3, 0.4) is 0 Å². The summed E-state index contributed by atoms with van der Waals surface area (Å²) in [6, 6.07) is 48.9. The smallest absolute Gasteiger partial charge is 0.161 e. The van der Waals surface area contributed by atoms with Crippen molar-refractivity contribution in [3.8, 4) is 27.9 Å². The molecule has 0 saturated carbocycles. The molecule has 192 valence electrons. The Labute approximate surface area is 235 Å². The second-order valence-corrected chi connectivity index (χ2v) is 10.6. The van der Waals surface area contributed by atoms with Gasteiger partial charge < -0.3 is 13.4 Å². The monoisotopic (exact) mass is 525 g/mol. The minimum absolute atomic E-state index is 0.889. The highest BCUT2D eigenvalue weighted by Gasteiger charge is 2.19. The number of fused-ring (bicyclic) bond motifs is 8. The van der Waals surface area contributed by atoms with E-state index in [1.54, 1.807) is 0 Å². The van der Waals surface area contributed by atoms with Crippen molar-refractivity contribution in [2.24, 2.45) is 0 Å². The van der Waals surface area contributed by atoms with E-state index in [0.717, 1.165) is 71.7 Å². The minimum Gasteiger partial charge on any atom is -0.456 e. The largest absolute Gasteiger partial charge is 0.456 e. The van der Waals surface area contributed by atoms with Gasteiger partial charge in [0.1, 0.15) is 22.3 Å². The van der Waals surface area contributed by atoms with Gasteiger partial charge >= 0.3 is 0 Å². The summed E-state index contributed by atoms with van der Waals surface area (Å²) < 4.78 is 15.0. The summed E-state index contributed by atoms with van der Waals surface area (Å²) in [5.41, 5.74) is 11.6. The highest BCUT2D eigenvalue weighted by Crippen LogP contribution is 2.40. The van der Waals surface area contributed by atoms with Gasteiger partial charge in [-0.15, -0.1) is 0 Å². The Morgan fingerprint density at radius 1 is 0.390 bits per heavy atom. The van der Waals surface area contributed by atoms with Gasteiger partial charge in [-0.1, -0.05) is 78.9 Å². The number of rotatable bonds is 3. The van der Waals surface area contributed by atoms with E-state index in [1.807, 2.05) is 12.1 Å². The van der Waals surface area contributed by atoms with Gasteiger partial charge in [-0.05, 0) is 82.9 Å². The normalized spacial score (nSPS) is 11.9. The molecule has 0 radical (unpaired) electrons. The summed E-state index contributed by atoms with van der Waals surface area (Å²) in [6.45, 7) is 0. The van der Waals surface area contributed by atoms with Crippen molar-refractivity contribution in [1.29, 1.82) is 0 Å². The van der Waals surface area contributed by atoms with Crippen molar-refractivity contribution in [3.05, 3.63) is 140 Å². The van der Waals surface area contributed by atoms with E-state index in [1.165, 1.54) is 11.1 Å². The van der Waals surface area contributed by atoms with E-state index < -0.39 is 0 Å². The van der Waals surface area contributed by atoms with Gasteiger partial charge in [0.05, 0.1) is 5.52 Å². The molecule has 3 heteroatoms. The van der Waals surface area contributed by atoms with Crippen LogP contribution in [-0.2, 0) is 0 Å². The maximum atomic E-state index is 6.59. The molecule has 9 aromatic rings. The van der Waals surface area contributed by atoms with E-state index in [4.69, 9.17) is 8.83 Å². The Hall–Kier alpha value is -5.54. The first-order valence-electron chi connectivity index (χ1n) is 13.9. The van der Waals surface area contributed by atoms with Gasteiger partial charge in [0.25, 0.3) is 0 Å². The number of nitrogens with zero attached hydrogens (tertiary/aromatic N) is 1. The Morgan fingerprint density at radius 2 is 1.07 bits per heavy atom. The Bertz CT molecular complexity index is 2420. The first-order valence-corrected chi connectivity index (χ1v) is 13.9. The van der Waals surface area contributed by atoms with Crippen LogP contribution in [-0.4, -0.2) is 4.57 Å². The summed E-state index contributed by atoms with van der Waals surface area (Å²) in [5.74, 6) is 0. The van der Waals surface area contributed by atoms with E-state index in [-0.39, 0.29) is 0 Å². The second kappa shape index (κ2) is 8.48. The lowest BCUT2D eigenvalue weighted by Gasteiger charge is -2.08. The van der Waals surface area contributed by atoms with Crippen LogP contribution < -0.4 is 0 Å². The summed E-state index contributed by atoms with van der Waals surface area (Å²) in [6.07, 6.45) is 0. The molecule has 0 atom stereocenters. The lowest BCUT2D eigenvalue weighted by Crippen LogP contribution is -1.92. The summed E-state index contributed by atoms with van der Waals surface area (Å²) in [4.78, 5) is 0. The van der Waals surface area contributed by atoms with Gasteiger partial charge in [0.2, 0.25) is 0 Å². The Morgan fingerprint density at radius 3 is 1.95 bits per heavy atom. The van der Waals surface area contributed by atoms with Crippen molar-refractivity contribution in [2.45, 2.75) is 0 Å². The molecule has 0 bridgehead atoms. The zero-order chi connectivity index (χ0) is 26.9. The van der Waals surface area contributed by atoms with Gasteiger partial charge in [-0.25, -0.2) is 0 Å². The van der Waals surface area contributed by atoms with Crippen LogP contribution in [0, 0.1) is 0 Å². The quantitative estimate of drug-likeness (QED) is 0.230. The zero-order valence-corrected chi connectivity index (χ0v) is 22.0. The van der Waals surface area contributed by atoms with Crippen LogP contribution in [0.25, 0.3) is 82.9 Å². The third kappa shape index (κ3) is 3.33. The van der Waals surface area contributed by atoms with Gasteiger partial charge in [-0.3, -0.25) is 0 Å². The standard InChI is InChI=1S/C38H23NO2/c1-2-11-28(12-3-1)39-33-15-6-4-14-30(33)38-37(39)31-19-17-27(23-36(31)41-38)25-10-8-9-24(21-25)26-18-20-35-32(22-26)29-13-5-7-16-34(29)40-35/h1-23H. The Balaban J connectivity index is 1.19. The van der Waals surface area contributed by atoms with Crippen molar-refractivity contribution in [1.82, 2.24) is 4.57 Å². The van der Waals surface area contributed by atoms with Crippen molar-refractivity contribution in [3.63, 3.8) is 0 Å². The van der Waals surface area contributed by atoms with Crippen LogP contribution in [0.4, 0.5) is 0 Å². The third-order valence-electron chi connectivity index (χ3n) is 8.20. The number of para-hydroxylation sites is 3. The average Bonchev–Trinajstić information content (AvgIpc) is 3.69. The molecular weight excluding hydrogens is 502 g/mol. The number of hydrogen-bond acceptors (Lipinski definition) is 2. The fourth-order valence-electron chi connectivity index (χ4n) is 6.28.